The molecule has 0 radical (unpaired) electrons. The molecule has 0 aliphatic carbocycles. The molecule has 2 aromatic rings. The molecular formula is C15H18N2O2. The van der Waals surface area contributed by atoms with Crippen molar-refractivity contribution in [2.75, 3.05) is 13.7 Å². The maximum absolute atomic E-state index is 10.7. The summed E-state index contributed by atoms with van der Waals surface area (Å²) in [4.78, 5) is 10.7. The molecule has 0 saturated carbocycles. The van der Waals surface area contributed by atoms with Gasteiger partial charge in [-0.1, -0.05) is 30.3 Å². The molecule has 2 aromatic carbocycles. The van der Waals surface area contributed by atoms with Gasteiger partial charge >= 0.3 is 0 Å². The maximum Gasteiger partial charge on any atom is 0.218 e. The summed E-state index contributed by atoms with van der Waals surface area (Å²) in [6, 6.07) is 12.1. The Labute approximate surface area is 112 Å². The zero-order valence-corrected chi connectivity index (χ0v) is 11.0. The van der Waals surface area contributed by atoms with E-state index in [2.05, 4.69) is 11.4 Å². The lowest BCUT2D eigenvalue weighted by Gasteiger charge is -2.11. The van der Waals surface area contributed by atoms with Gasteiger partial charge in [-0.05, 0) is 17.0 Å². The molecule has 4 heteroatoms. The molecule has 0 heterocycles. The SMILES string of the molecule is COc1ccc(CNCCC(N)=O)c2ccccc12. The van der Waals surface area contributed by atoms with Crippen molar-refractivity contribution in [3.05, 3.63) is 42.0 Å². The molecule has 19 heavy (non-hydrogen) atoms. The molecule has 0 spiro atoms. The Morgan fingerprint density at radius 2 is 1.95 bits per heavy atom. The average Bonchev–Trinajstić information content (AvgIpc) is 2.43. The summed E-state index contributed by atoms with van der Waals surface area (Å²) in [5.41, 5.74) is 6.29. The van der Waals surface area contributed by atoms with E-state index in [1.165, 1.54) is 5.56 Å². The average molecular weight is 258 g/mol. The van der Waals surface area contributed by atoms with Crippen molar-refractivity contribution in [2.24, 2.45) is 5.73 Å². The predicted octanol–water partition coefficient (Wildman–Crippen LogP) is 1.81. The van der Waals surface area contributed by atoms with Gasteiger partial charge in [0.1, 0.15) is 5.75 Å². The normalized spacial score (nSPS) is 10.6. The predicted molar refractivity (Wildman–Crippen MR) is 76.0 cm³/mol. The van der Waals surface area contributed by atoms with Gasteiger partial charge in [-0.15, -0.1) is 0 Å². The lowest BCUT2D eigenvalue weighted by Crippen LogP contribution is -2.21. The second kappa shape index (κ2) is 6.20. The third kappa shape index (κ3) is 3.23. The number of methoxy groups -OCH3 is 1. The first kappa shape index (κ1) is 13.4. The van der Waals surface area contributed by atoms with Gasteiger partial charge in [0.05, 0.1) is 7.11 Å². The van der Waals surface area contributed by atoms with Crippen molar-refractivity contribution in [3.63, 3.8) is 0 Å². The zero-order chi connectivity index (χ0) is 13.7. The fourth-order valence-corrected chi connectivity index (χ4v) is 2.10. The Bertz CT molecular complexity index is 581. The molecule has 2 rings (SSSR count). The van der Waals surface area contributed by atoms with Crippen LogP contribution in [0, 0.1) is 0 Å². The molecule has 100 valence electrons. The molecule has 0 bridgehead atoms. The highest BCUT2D eigenvalue weighted by Gasteiger charge is 2.05. The van der Waals surface area contributed by atoms with Gasteiger partial charge in [-0.3, -0.25) is 4.79 Å². The Morgan fingerprint density at radius 1 is 1.21 bits per heavy atom. The molecule has 0 saturated heterocycles. The van der Waals surface area contributed by atoms with E-state index in [-0.39, 0.29) is 5.91 Å². The second-order valence-corrected chi connectivity index (χ2v) is 4.37. The molecular weight excluding hydrogens is 240 g/mol. The summed E-state index contributed by atoms with van der Waals surface area (Å²) in [7, 11) is 1.67. The van der Waals surface area contributed by atoms with E-state index in [4.69, 9.17) is 10.5 Å². The fraction of sp³-hybridized carbons (Fsp3) is 0.267. The van der Waals surface area contributed by atoms with Gasteiger partial charge in [-0.2, -0.15) is 0 Å². The number of fused-ring (bicyclic) bond motifs is 1. The van der Waals surface area contributed by atoms with Gasteiger partial charge < -0.3 is 15.8 Å². The van der Waals surface area contributed by atoms with Crippen LogP contribution < -0.4 is 15.8 Å². The van der Waals surface area contributed by atoms with E-state index in [1.807, 2.05) is 30.3 Å². The number of rotatable bonds is 6. The van der Waals surface area contributed by atoms with Crippen molar-refractivity contribution in [2.45, 2.75) is 13.0 Å². The fourth-order valence-electron chi connectivity index (χ4n) is 2.10. The van der Waals surface area contributed by atoms with Crippen LogP contribution in [0.25, 0.3) is 10.8 Å². The zero-order valence-electron chi connectivity index (χ0n) is 11.0. The van der Waals surface area contributed by atoms with Crippen molar-refractivity contribution >= 4 is 16.7 Å². The third-order valence-corrected chi connectivity index (χ3v) is 3.06. The first-order chi connectivity index (χ1) is 9.22. The Kier molecular flexibility index (Phi) is 4.36. The van der Waals surface area contributed by atoms with E-state index in [0.717, 1.165) is 16.5 Å². The van der Waals surface area contributed by atoms with Crippen LogP contribution in [0.3, 0.4) is 0 Å². The Morgan fingerprint density at radius 3 is 2.63 bits per heavy atom. The highest BCUT2D eigenvalue weighted by atomic mass is 16.5. The first-order valence-corrected chi connectivity index (χ1v) is 6.26. The number of nitrogens with one attached hydrogen (secondary N) is 1. The minimum Gasteiger partial charge on any atom is -0.496 e. The largest absolute Gasteiger partial charge is 0.496 e. The van der Waals surface area contributed by atoms with E-state index >= 15 is 0 Å². The Balaban J connectivity index is 2.17. The summed E-state index contributed by atoms with van der Waals surface area (Å²) in [6.45, 7) is 1.30. The third-order valence-electron chi connectivity index (χ3n) is 3.06. The quantitative estimate of drug-likeness (QED) is 0.777. The minimum atomic E-state index is -0.285. The number of amides is 1. The monoisotopic (exact) mass is 258 g/mol. The summed E-state index contributed by atoms with van der Waals surface area (Å²) in [5, 5.41) is 5.48. The lowest BCUT2D eigenvalue weighted by molar-refractivity contribution is -0.117. The molecule has 0 atom stereocenters. The molecule has 3 N–H and O–H groups in total. The number of carbonyl (C=O) groups is 1. The lowest BCUT2D eigenvalue weighted by atomic mass is 10.0. The standard InChI is InChI=1S/C15H18N2O2/c1-19-14-7-6-11(10-17-9-8-15(16)18)12-4-2-3-5-13(12)14/h2-7,17H,8-10H2,1H3,(H2,16,18). The van der Waals surface area contributed by atoms with Gasteiger partial charge in [0.15, 0.2) is 0 Å². The van der Waals surface area contributed by atoms with E-state index < -0.39 is 0 Å². The number of nitrogens with two attached hydrogens (primary N) is 1. The van der Waals surface area contributed by atoms with E-state index in [1.54, 1.807) is 7.11 Å². The summed E-state index contributed by atoms with van der Waals surface area (Å²) >= 11 is 0. The van der Waals surface area contributed by atoms with Crippen molar-refractivity contribution in [1.29, 1.82) is 0 Å². The molecule has 0 aliphatic heterocycles. The highest BCUT2D eigenvalue weighted by Crippen LogP contribution is 2.28. The maximum atomic E-state index is 10.7. The van der Waals surface area contributed by atoms with Crippen LogP contribution >= 0.6 is 0 Å². The molecule has 0 unspecified atom stereocenters. The molecule has 1 amide bonds. The van der Waals surface area contributed by atoms with Crippen LogP contribution in [0.1, 0.15) is 12.0 Å². The van der Waals surface area contributed by atoms with Gasteiger partial charge in [0.2, 0.25) is 5.91 Å². The number of hydrogen-bond acceptors (Lipinski definition) is 3. The number of hydrogen-bond donors (Lipinski definition) is 2. The van der Waals surface area contributed by atoms with Crippen molar-refractivity contribution < 1.29 is 9.53 Å². The highest BCUT2D eigenvalue weighted by molar-refractivity contribution is 5.91. The van der Waals surface area contributed by atoms with Gasteiger partial charge in [0, 0.05) is 24.9 Å². The van der Waals surface area contributed by atoms with Gasteiger partial charge in [-0.25, -0.2) is 0 Å². The van der Waals surface area contributed by atoms with Crippen LogP contribution in [-0.4, -0.2) is 19.6 Å². The molecule has 0 aliphatic rings. The van der Waals surface area contributed by atoms with Crippen molar-refractivity contribution in [1.82, 2.24) is 5.32 Å². The van der Waals surface area contributed by atoms with Gasteiger partial charge in [0.25, 0.3) is 0 Å². The topological polar surface area (TPSA) is 64.3 Å². The van der Waals surface area contributed by atoms with E-state index in [9.17, 15) is 4.79 Å². The Hall–Kier alpha value is -2.07. The summed E-state index contributed by atoms with van der Waals surface area (Å²) in [6.07, 6.45) is 0.355. The van der Waals surface area contributed by atoms with Crippen molar-refractivity contribution in [3.8, 4) is 5.75 Å². The van der Waals surface area contributed by atoms with Crippen LogP contribution in [0.2, 0.25) is 0 Å². The number of carbonyl (C=O) groups excluding carboxylic acids is 1. The van der Waals surface area contributed by atoms with E-state index in [0.29, 0.717) is 19.5 Å². The molecule has 0 fully saturated rings. The van der Waals surface area contributed by atoms with Crippen LogP contribution in [0.4, 0.5) is 0 Å². The second-order valence-electron chi connectivity index (χ2n) is 4.37. The number of primary amides is 1. The summed E-state index contributed by atoms with van der Waals surface area (Å²) in [5.74, 6) is 0.587. The number of benzene rings is 2. The smallest absolute Gasteiger partial charge is 0.218 e. The van der Waals surface area contributed by atoms with Crippen LogP contribution in [0.15, 0.2) is 36.4 Å². The molecule has 0 aromatic heterocycles. The molecule has 4 nitrogen and oxygen atoms in total. The minimum absolute atomic E-state index is 0.285. The van der Waals surface area contributed by atoms with Crippen LogP contribution in [-0.2, 0) is 11.3 Å². The summed E-state index contributed by atoms with van der Waals surface area (Å²) < 4.78 is 5.36. The van der Waals surface area contributed by atoms with Crippen LogP contribution in [0.5, 0.6) is 5.75 Å². The number of ether oxygens (including phenoxy) is 1. The first-order valence-electron chi connectivity index (χ1n) is 6.26.